The molecule has 134 valence electrons. The quantitative estimate of drug-likeness (QED) is 0.834. The highest BCUT2D eigenvalue weighted by Gasteiger charge is 2.65. The summed E-state index contributed by atoms with van der Waals surface area (Å²) in [5.74, 6) is -1.04. The van der Waals surface area contributed by atoms with Crippen LogP contribution in [0.3, 0.4) is 0 Å². The molecule has 24 heavy (non-hydrogen) atoms. The van der Waals surface area contributed by atoms with Crippen molar-refractivity contribution in [1.29, 1.82) is 0 Å². The topological polar surface area (TPSA) is 55.8 Å². The third kappa shape index (κ3) is 2.98. The Hall–Kier alpha value is -1.39. The predicted molar refractivity (Wildman–Crippen MR) is 93.4 cm³/mol. The SMILES string of the molecule is CC1(C)OC(=O)C([C@](C)(O)C(C)(C)OCc2ccccc2)C1(C)C. The Kier molecular flexibility index (Phi) is 4.62. The van der Waals surface area contributed by atoms with Crippen LogP contribution >= 0.6 is 0 Å². The first kappa shape index (κ1) is 18.9. The van der Waals surface area contributed by atoms with Gasteiger partial charge in [-0.25, -0.2) is 0 Å². The summed E-state index contributed by atoms with van der Waals surface area (Å²) in [5, 5.41) is 11.3. The Balaban J connectivity index is 2.26. The molecule has 1 unspecified atom stereocenters. The van der Waals surface area contributed by atoms with Gasteiger partial charge in [0.05, 0.1) is 18.1 Å². The highest BCUT2D eigenvalue weighted by atomic mass is 16.6. The molecule has 0 bridgehead atoms. The van der Waals surface area contributed by atoms with Crippen LogP contribution in [0.2, 0.25) is 0 Å². The molecule has 1 heterocycles. The molecule has 0 amide bonds. The molecule has 1 aromatic rings. The van der Waals surface area contributed by atoms with E-state index in [9.17, 15) is 9.90 Å². The fourth-order valence-electron chi connectivity index (χ4n) is 3.35. The van der Waals surface area contributed by atoms with Crippen molar-refractivity contribution in [1.82, 2.24) is 0 Å². The number of hydrogen-bond acceptors (Lipinski definition) is 4. The Morgan fingerprint density at radius 2 is 1.67 bits per heavy atom. The number of cyclic esters (lactones) is 1. The normalized spacial score (nSPS) is 25.2. The van der Waals surface area contributed by atoms with E-state index in [4.69, 9.17) is 9.47 Å². The van der Waals surface area contributed by atoms with E-state index in [0.717, 1.165) is 5.56 Å². The molecule has 0 saturated carbocycles. The second kappa shape index (κ2) is 5.85. The van der Waals surface area contributed by atoms with Gasteiger partial charge in [-0.15, -0.1) is 0 Å². The number of ether oxygens (including phenoxy) is 2. The number of benzene rings is 1. The first-order valence-corrected chi connectivity index (χ1v) is 8.46. The minimum Gasteiger partial charge on any atom is -0.459 e. The van der Waals surface area contributed by atoms with E-state index in [2.05, 4.69) is 0 Å². The van der Waals surface area contributed by atoms with Crippen molar-refractivity contribution in [3.8, 4) is 0 Å². The van der Waals surface area contributed by atoms with Crippen molar-refractivity contribution < 1.29 is 19.4 Å². The molecule has 1 aliphatic heterocycles. The van der Waals surface area contributed by atoms with Gasteiger partial charge in [-0.1, -0.05) is 44.2 Å². The molecule has 1 N–H and O–H groups in total. The summed E-state index contributed by atoms with van der Waals surface area (Å²) in [4.78, 5) is 12.5. The second-order valence-electron chi connectivity index (χ2n) is 8.52. The van der Waals surface area contributed by atoms with Gasteiger partial charge in [-0.2, -0.15) is 0 Å². The Labute approximate surface area is 145 Å². The molecule has 2 atom stereocenters. The minimum absolute atomic E-state index is 0.369. The maximum atomic E-state index is 12.5. The van der Waals surface area contributed by atoms with Gasteiger partial charge < -0.3 is 14.6 Å². The molecule has 1 aromatic carbocycles. The summed E-state index contributed by atoms with van der Waals surface area (Å²) in [5.41, 5.74) is -2.45. The number of hydrogen-bond donors (Lipinski definition) is 1. The van der Waals surface area contributed by atoms with Gasteiger partial charge in [0.1, 0.15) is 11.2 Å². The Bertz CT molecular complexity index is 599. The summed E-state index contributed by atoms with van der Waals surface area (Å²) in [6, 6.07) is 9.79. The zero-order chi connectivity index (χ0) is 18.4. The van der Waals surface area contributed by atoms with Gasteiger partial charge in [0, 0.05) is 5.41 Å². The zero-order valence-electron chi connectivity index (χ0n) is 15.8. The zero-order valence-corrected chi connectivity index (χ0v) is 15.8. The molecule has 0 radical (unpaired) electrons. The largest absolute Gasteiger partial charge is 0.459 e. The van der Waals surface area contributed by atoms with E-state index in [1.165, 1.54) is 0 Å². The maximum Gasteiger partial charge on any atom is 0.313 e. The summed E-state index contributed by atoms with van der Waals surface area (Å²) in [6.07, 6.45) is 0. The highest BCUT2D eigenvalue weighted by Crippen LogP contribution is 2.54. The van der Waals surface area contributed by atoms with Crippen LogP contribution in [-0.2, 0) is 20.9 Å². The van der Waals surface area contributed by atoms with Crippen LogP contribution in [0.25, 0.3) is 0 Å². The lowest BCUT2D eigenvalue weighted by atomic mass is 9.61. The van der Waals surface area contributed by atoms with Gasteiger partial charge in [0.2, 0.25) is 0 Å². The maximum absolute atomic E-state index is 12.5. The number of carbonyl (C=O) groups excluding carboxylic acids is 1. The average molecular weight is 334 g/mol. The monoisotopic (exact) mass is 334 g/mol. The molecule has 0 aromatic heterocycles. The fourth-order valence-corrected chi connectivity index (χ4v) is 3.35. The molecule has 4 heteroatoms. The van der Waals surface area contributed by atoms with Crippen LogP contribution in [0.15, 0.2) is 30.3 Å². The van der Waals surface area contributed by atoms with Gasteiger partial charge in [0.25, 0.3) is 0 Å². The van der Waals surface area contributed by atoms with Crippen molar-refractivity contribution >= 4 is 5.97 Å². The van der Waals surface area contributed by atoms with Gasteiger partial charge in [0.15, 0.2) is 0 Å². The number of aliphatic hydroxyl groups is 1. The van der Waals surface area contributed by atoms with Gasteiger partial charge in [-0.3, -0.25) is 4.79 Å². The Morgan fingerprint density at radius 3 is 2.12 bits per heavy atom. The van der Waals surface area contributed by atoms with Gasteiger partial charge in [-0.05, 0) is 40.2 Å². The van der Waals surface area contributed by atoms with Crippen LogP contribution in [0.1, 0.15) is 54.0 Å². The van der Waals surface area contributed by atoms with E-state index in [0.29, 0.717) is 6.61 Å². The lowest BCUT2D eigenvalue weighted by molar-refractivity contribution is -0.202. The molecule has 1 aliphatic rings. The van der Waals surface area contributed by atoms with Gasteiger partial charge >= 0.3 is 5.97 Å². The van der Waals surface area contributed by atoms with Crippen molar-refractivity contribution in [2.45, 2.75) is 71.9 Å². The van der Waals surface area contributed by atoms with Crippen LogP contribution in [0.5, 0.6) is 0 Å². The third-order valence-electron chi connectivity index (χ3n) is 6.09. The van der Waals surface area contributed by atoms with Crippen molar-refractivity contribution in [2.75, 3.05) is 0 Å². The van der Waals surface area contributed by atoms with Crippen molar-refractivity contribution in [3.63, 3.8) is 0 Å². The van der Waals surface area contributed by atoms with E-state index in [-0.39, 0.29) is 5.97 Å². The molecular weight excluding hydrogens is 304 g/mol. The molecule has 1 saturated heterocycles. The van der Waals surface area contributed by atoms with Crippen LogP contribution in [0, 0.1) is 11.3 Å². The van der Waals surface area contributed by atoms with Crippen LogP contribution in [0.4, 0.5) is 0 Å². The van der Waals surface area contributed by atoms with Crippen LogP contribution in [-0.4, -0.2) is 27.9 Å². The highest BCUT2D eigenvalue weighted by molar-refractivity contribution is 5.78. The van der Waals surface area contributed by atoms with E-state index in [1.54, 1.807) is 6.92 Å². The lowest BCUT2D eigenvalue weighted by Crippen LogP contribution is -2.60. The molecular formula is C20H30O4. The molecule has 0 spiro atoms. The van der Waals surface area contributed by atoms with Crippen molar-refractivity contribution in [3.05, 3.63) is 35.9 Å². The molecule has 0 aliphatic carbocycles. The number of esters is 1. The summed E-state index contributed by atoms with van der Waals surface area (Å²) in [6.45, 7) is 13.4. The second-order valence-corrected chi connectivity index (χ2v) is 8.52. The fraction of sp³-hybridized carbons (Fsp3) is 0.650. The predicted octanol–water partition coefficient (Wildman–Crippen LogP) is 3.71. The van der Waals surface area contributed by atoms with E-state index >= 15 is 0 Å². The third-order valence-corrected chi connectivity index (χ3v) is 6.09. The van der Waals surface area contributed by atoms with E-state index in [1.807, 2.05) is 71.9 Å². The van der Waals surface area contributed by atoms with Crippen LogP contribution < -0.4 is 0 Å². The summed E-state index contributed by atoms with van der Waals surface area (Å²) >= 11 is 0. The molecule has 1 fully saturated rings. The van der Waals surface area contributed by atoms with E-state index < -0.39 is 28.1 Å². The standard InChI is InChI=1S/C20H30O4/c1-17(2)15(16(21)24-18(17,3)4)20(7,22)19(5,6)23-13-14-11-9-8-10-12-14/h8-12,15,22H,13H2,1-7H3/t15?,20-/m0/s1. The Morgan fingerprint density at radius 1 is 1.12 bits per heavy atom. The molecule has 4 nitrogen and oxygen atoms in total. The number of carbonyl (C=O) groups is 1. The smallest absolute Gasteiger partial charge is 0.313 e. The minimum atomic E-state index is -1.38. The summed E-state index contributed by atoms with van der Waals surface area (Å²) < 4.78 is 11.6. The first-order valence-electron chi connectivity index (χ1n) is 8.46. The summed E-state index contributed by atoms with van der Waals surface area (Å²) in [7, 11) is 0. The van der Waals surface area contributed by atoms with Crippen molar-refractivity contribution in [2.24, 2.45) is 11.3 Å². The average Bonchev–Trinajstić information content (AvgIpc) is 2.61. The first-order chi connectivity index (χ1) is 10.8. The lowest BCUT2D eigenvalue weighted by Gasteiger charge is -2.47. The number of rotatable bonds is 5. The molecule has 2 rings (SSSR count).